The fourth-order valence-electron chi connectivity index (χ4n) is 0.353. The molecular formula is C5HBFNO7. The summed E-state index contributed by atoms with van der Waals surface area (Å²) < 4.78 is 18.6. The van der Waals surface area contributed by atoms with Crippen LogP contribution >= 0.6 is 0 Å². The molecule has 0 aromatic rings. The topological polar surface area (TPSA) is 131 Å². The number of ketones is 1. The molecule has 0 amide bonds. The molecule has 0 saturated carbocycles. The van der Waals surface area contributed by atoms with Crippen LogP contribution in [-0.2, 0) is 28.5 Å². The van der Waals surface area contributed by atoms with E-state index in [9.17, 15) is 23.6 Å². The highest BCUT2D eigenvalue weighted by Gasteiger charge is 2.32. The predicted molar refractivity (Wildman–Crippen MR) is 36.9 cm³/mol. The molecular weight excluding hydrogens is 216 g/mol. The highest BCUT2D eigenvalue weighted by Crippen LogP contribution is 1.90. The average molecular weight is 217 g/mol. The monoisotopic (exact) mass is 217 g/mol. The van der Waals surface area contributed by atoms with E-state index in [1.807, 2.05) is 0 Å². The molecule has 10 heteroatoms. The van der Waals surface area contributed by atoms with Gasteiger partial charge in [-0.3, -0.25) is 4.79 Å². The lowest BCUT2D eigenvalue weighted by atomic mass is 10.2. The van der Waals surface area contributed by atoms with E-state index in [4.69, 9.17) is 10.3 Å². The first-order chi connectivity index (χ1) is 6.88. The third-order valence-corrected chi connectivity index (χ3v) is 0.863. The smallest absolute Gasteiger partial charge is 0.467 e. The second kappa shape index (κ2) is 5.45. The molecule has 15 heavy (non-hydrogen) atoms. The zero-order valence-electron chi connectivity index (χ0n) is 6.80. The van der Waals surface area contributed by atoms with Crippen LogP contribution in [0.4, 0.5) is 4.39 Å². The van der Waals surface area contributed by atoms with E-state index in [0.717, 1.165) is 6.07 Å². The van der Waals surface area contributed by atoms with Crippen LogP contribution in [0.5, 0.6) is 0 Å². The predicted octanol–water partition coefficient (Wildman–Crippen LogP) is -2.36. The molecule has 0 radical (unpaired) electrons. The lowest BCUT2D eigenvalue weighted by Gasteiger charge is -2.03. The maximum atomic E-state index is 11.5. The van der Waals surface area contributed by atoms with Gasteiger partial charge in [-0.15, -0.1) is 0 Å². The Bertz CT molecular complexity index is 361. The second-order valence-corrected chi connectivity index (χ2v) is 1.83. The van der Waals surface area contributed by atoms with Crippen LogP contribution in [-0.4, -0.2) is 36.1 Å². The van der Waals surface area contributed by atoms with Crippen LogP contribution in [0, 0.1) is 11.3 Å². The summed E-state index contributed by atoms with van der Waals surface area (Å²) in [5, 5.41) is 16.4. The number of carbonyl (C=O) groups is 4. The van der Waals surface area contributed by atoms with Gasteiger partial charge in [0.1, 0.15) is 0 Å². The molecule has 0 bridgehead atoms. The summed E-state index contributed by atoms with van der Waals surface area (Å²) >= 11 is 0. The molecule has 0 aliphatic carbocycles. The minimum atomic E-state index is -2.64. The largest absolute Gasteiger partial charge is 0.789 e. The lowest BCUT2D eigenvalue weighted by Crippen LogP contribution is -2.33. The Balaban J connectivity index is 4.17. The van der Waals surface area contributed by atoms with Crippen molar-refractivity contribution < 1.29 is 37.9 Å². The number of carbonyl (C=O) groups excluding carboxylic acids is 4. The van der Waals surface area contributed by atoms with Crippen LogP contribution in [0.3, 0.4) is 0 Å². The summed E-state index contributed by atoms with van der Waals surface area (Å²) in [5.74, 6) is -5.60. The van der Waals surface area contributed by atoms with Gasteiger partial charge in [-0.25, -0.2) is 14.4 Å². The van der Waals surface area contributed by atoms with Gasteiger partial charge in [0.15, 0.2) is 6.07 Å². The molecule has 0 aromatic heterocycles. The summed E-state index contributed by atoms with van der Waals surface area (Å²) in [7, 11) is -2.64. The van der Waals surface area contributed by atoms with Crippen LogP contribution < -0.4 is 0 Å². The standard InChI is InChI=1S/C5HBFNO7/c7-3(10)5(12)15-6(13)14-4(11)2(9)1-8/h13H. The molecule has 0 fully saturated rings. The molecule has 0 heterocycles. The summed E-state index contributed by atoms with van der Waals surface area (Å²) in [6.45, 7) is 0. The van der Waals surface area contributed by atoms with Gasteiger partial charge in [-0.2, -0.15) is 9.65 Å². The average Bonchev–Trinajstić information content (AvgIpc) is 2.15. The van der Waals surface area contributed by atoms with Gasteiger partial charge in [-0.05, 0) is 0 Å². The molecule has 0 aliphatic heterocycles. The van der Waals surface area contributed by atoms with E-state index in [-0.39, 0.29) is 0 Å². The minimum Gasteiger partial charge on any atom is -0.467 e. The number of hydrogen-bond acceptors (Lipinski definition) is 8. The number of Topliss-reactive ketones (excluding diaryl/α,β-unsaturated/α-hetero) is 1. The zero-order valence-corrected chi connectivity index (χ0v) is 6.80. The van der Waals surface area contributed by atoms with Gasteiger partial charge in [0, 0.05) is 0 Å². The zero-order chi connectivity index (χ0) is 12.0. The normalized spacial score (nSPS) is 8.33. The highest BCUT2D eigenvalue weighted by molar-refractivity contribution is 6.51. The van der Waals surface area contributed by atoms with E-state index in [1.54, 1.807) is 0 Å². The van der Waals surface area contributed by atoms with Crippen LogP contribution in [0.2, 0.25) is 0 Å². The number of nitrogens with zero attached hydrogens (tertiary/aromatic N) is 1. The Morgan fingerprint density at radius 3 is 2.07 bits per heavy atom. The van der Waals surface area contributed by atoms with Gasteiger partial charge in [0.2, 0.25) is 0 Å². The third-order valence-electron chi connectivity index (χ3n) is 0.863. The van der Waals surface area contributed by atoms with Crippen molar-refractivity contribution in [1.29, 1.82) is 5.26 Å². The van der Waals surface area contributed by atoms with Gasteiger partial charge >= 0.3 is 31.1 Å². The molecule has 0 aliphatic rings. The van der Waals surface area contributed by atoms with Crippen LogP contribution in [0.25, 0.3) is 0 Å². The third kappa shape index (κ3) is 4.48. The quantitative estimate of drug-likeness (QED) is 0.239. The van der Waals surface area contributed by atoms with Crippen LogP contribution in [0.15, 0.2) is 0 Å². The summed E-state index contributed by atoms with van der Waals surface area (Å²) in [6.07, 6.45) is 0. The fraction of sp³-hybridized carbons (Fsp3) is 0. The van der Waals surface area contributed by atoms with Crippen molar-refractivity contribution in [3.05, 3.63) is 0 Å². The van der Waals surface area contributed by atoms with Crippen molar-refractivity contribution in [2.24, 2.45) is 0 Å². The van der Waals surface area contributed by atoms with Crippen molar-refractivity contribution in [2.75, 3.05) is 0 Å². The molecule has 8 nitrogen and oxygen atoms in total. The first-order valence-corrected chi connectivity index (χ1v) is 3.12. The molecule has 0 rings (SSSR count). The maximum absolute atomic E-state index is 11.5. The van der Waals surface area contributed by atoms with Gasteiger partial charge in [0.05, 0.1) is 0 Å². The molecule has 0 unspecified atom stereocenters. The van der Waals surface area contributed by atoms with E-state index >= 15 is 0 Å². The number of hydrogen-bond donors (Lipinski definition) is 1. The van der Waals surface area contributed by atoms with E-state index in [0.29, 0.717) is 0 Å². The van der Waals surface area contributed by atoms with Crippen molar-refractivity contribution in [2.45, 2.75) is 0 Å². The maximum Gasteiger partial charge on any atom is 0.789 e. The highest BCUT2D eigenvalue weighted by atomic mass is 19.1. The summed E-state index contributed by atoms with van der Waals surface area (Å²) in [5.41, 5.74) is 0. The van der Waals surface area contributed by atoms with Crippen molar-refractivity contribution in [1.82, 2.24) is 0 Å². The van der Waals surface area contributed by atoms with Crippen LogP contribution in [0.1, 0.15) is 0 Å². The van der Waals surface area contributed by atoms with Crippen molar-refractivity contribution in [3.63, 3.8) is 0 Å². The van der Waals surface area contributed by atoms with Crippen molar-refractivity contribution in [3.8, 4) is 6.07 Å². The minimum absolute atomic E-state index is 0.840. The van der Waals surface area contributed by atoms with E-state index in [1.165, 1.54) is 0 Å². The Labute approximate surface area is 81.4 Å². The van der Waals surface area contributed by atoms with Gasteiger partial charge < -0.3 is 14.3 Å². The first kappa shape index (κ1) is 12.7. The fourth-order valence-corrected chi connectivity index (χ4v) is 0.353. The summed E-state index contributed by atoms with van der Waals surface area (Å²) in [6, 6.07) is -1.69. The Morgan fingerprint density at radius 2 is 1.67 bits per heavy atom. The molecule has 0 saturated heterocycles. The Hall–Kier alpha value is -2.28. The van der Waals surface area contributed by atoms with Gasteiger partial charge in [0.25, 0.3) is 0 Å². The van der Waals surface area contributed by atoms with Crippen molar-refractivity contribution >= 4 is 31.1 Å². The first-order valence-electron chi connectivity index (χ1n) is 3.12. The lowest BCUT2D eigenvalue weighted by molar-refractivity contribution is -0.157. The molecule has 0 atom stereocenters. The molecule has 78 valence electrons. The summed E-state index contributed by atoms with van der Waals surface area (Å²) in [4.78, 5) is 40.4. The van der Waals surface area contributed by atoms with Gasteiger partial charge in [-0.1, -0.05) is 0 Å². The molecule has 1 N–H and O–H groups in total. The Kier molecular flexibility index (Phi) is 4.63. The SMILES string of the molecule is N#CC(=O)C(=O)OB(O)OC(=O)C(=O)F. The van der Waals surface area contributed by atoms with E-state index in [2.05, 4.69) is 9.31 Å². The van der Waals surface area contributed by atoms with E-state index < -0.39 is 31.1 Å². The molecule has 0 spiro atoms. The number of rotatable bonds is 4. The molecule has 0 aromatic carbocycles. The second-order valence-electron chi connectivity index (χ2n) is 1.83. The number of nitriles is 1. The Morgan fingerprint density at radius 1 is 1.20 bits per heavy atom. The number of halogens is 1.